The molecule has 0 aromatic rings. The van der Waals surface area contributed by atoms with Gasteiger partial charge in [0, 0.05) is 19.4 Å². The van der Waals surface area contributed by atoms with E-state index in [1.165, 1.54) is 0 Å². The summed E-state index contributed by atoms with van der Waals surface area (Å²) in [6.45, 7) is 2.50. The van der Waals surface area contributed by atoms with Gasteiger partial charge in [0.2, 0.25) is 0 Å². The first-order valence-corrected chi connectivity index (χ1v) is 4.28. The van der Waals surface area contributed by atoms with Crippen LogP contribution in [-0.2, 0) is 4.74 Å². The summed E-state index contributed by atoms with van der Waals surface area (Å²) in [5.41, 5.74) is 0. The van der Waals surface area contributed by atoms with Crippen molar-refractivity contribution >= 4 is 0 Å². The molecule has 64 valence electrons. The molecule has 0 aliphatic heterocycles. The molecule has 0 bridgehead atoms. The maximum Gasteiger partial charge on any atom is 0.168 e. The van der Waals surface area contributed by atoms with Crippen molar-refractivity contribution in [2.75, 3.05) is 6.61 Å². The van der Waals surface area contributed by atoms with Gasteiger partial charge in [-0.1, -0.05) is 12.2 Å². The molecule has 0 radical (unpaired) electrons. The van der Waals surface area contributed by atoms with Crippen LogP contribution in [0.3, 0.4) is 0 Å². The molecular weight excluding hydrogens is 140 g/mol. The number of rotatable bonds is 2. The SMILES string of the molecule is CCOC1(O)CC=CCCC1. The third-order valence-electron chi connectivity index (χ3n) is 1.95. The lowest BCUT2D eigenvalue weighted by Crippen LogP contribution is -2.31. The van der Waals surface area contributed by atoms with Crippen molar-refractivity contribution in [1.29, 1.82) is 0 Å². The van der Waals surface area contributed by atoms with Crippen LogP contribution in [0.1, 0.15) is 32.6 Å². The van der Waals surface area contributed by atoms with Gasteiger partial charge >= 0.3 is 0 Å². The molecule has 1 N–H and O–H groups in total. The first-order chi connectivity index (χ1) is 5.27. The summed E-state index contributed by atoms with van der Waals surface area (Å²) >= 11 is 0. The van der Waals surface area contributed by atoms with Crippen molar-refractivity contribution in [3.63, 3.8) is 0 Å². The molecule has 1 rings (SSSR count). The maximum atomic E-state index is 9.78. The summed E-state index contributed by atoms with van der Waals surface area (Å²) in [6, 6.07) is 0. The van der Waals surface area contributed by atoms with E-state index in [0.717, 1.165) is 19.3 Å². The Morgan fingerprint density at radius 2 is 2.36 bits per heavy atom. The minimum absolute atomic E-state index is 0.588. The zero-order chi connectivity index (χ0) is 8.16. The minimum Gasteiger partial charge on any atom is -0.365 e. The second kappa shape index (κ2) is 3.88. The van der Waals surface area contributed by atoms with Crippen LogP contribution < -0.4 is 0 Å². The lowest BCUT2D eigenvalue weighted by molar-refractivity contribution is -0.201. The Balaban J connectivity index is 2.46. The Bertz CT molecular complexity index is 142. The molecule has 0 saturated carbocycles. The van der Waals surface area contributed by atoms with Crippen molar-refractivity contribution < 1.29 is 9.84 Å². The van der Waals surface area contributed by atoms with Crippen molar-refractivity contribution in [2.45, 2.75) is 38.4 Å². The smallest absolute Gasteiger partial charge is 0.168 e. The van der Waals surface area contributed by atoms with E-state index >= 15 is 0 Å². The molecule has 0 heterocycles. The summed E-state index contributed by atoms with van der Waals surface area (Å²) in [5, 5.41) is 9.78. The fourth-order valence-corrected chi connectivity index (χ4v) is 1.38. The van der Waals surface area contributed by atoms with E-state index < -0.39 is 5.79 Å². The van der Waals surface area contributed by atoms with Gasteiger partial charge in [-0.3, -0.25) is 0 Å². The zero-order valence-electron chi connectivity index (χ0n) is 7.05. The first kappa shape index (κ1) is 8.75. The lowest BCUT2D eigenvalue weighted by atomic mass is 10.1. The van der Waals surface area contributed by atoms with E-state index in [9.17, 15) is 5.11 Å². The summed E-state index contributed by atoms with van der Waals surface area (Å²) < 4.78 is 5.25. The topological polar surface area (TPSA) is 29.5 Å². The highest BCUT2D eigenvalue weighted by Gasteiger charge is 2.25. The predicted molar refractivity (Wildman–Crippen MR) is 44.2 cm³/mol. The van der Waals surface area contributed by atoms with Crippen LogP contribution in [-0.4, -0.2) is 17.5 Å². The predicted octanol–water partition coefficient (Wildman–Crippen LogP) is 1.84. The van der Waals surface area contributed by atoms with Crippen LogP contribution in [0.5, 0.6) is 0 Å². The van der Waals surface area contributed by atoms with Crippen molar-refractivity contribution in [2.24, 2.45) is 0 Å². The van der Waals surface area contributed by atoms with Gasteiger partial charge in [0.05, 0.1) is 0 Å². The van der Waals surface area contributed by atoms with Crippen LogP contribution in [0.25, 0.3) is 0 Å². The molecule has 2 heteroatoms. The van der Waals surface area contributed by atoms with E-state index in [-0.39, 0.29) is 0 Å². The molecule has 1 aliphatic rings. The van der Waals surface area contributed by atoms with Gasteiger partial charge < -0.3 is 9.84 Å². The number of hydrogen-bond donors (Lipinski definition) is 1. The quantitative estimate of drug-likeness (QED) is 0.488. The van der Waals surface area contributed by atoms with Gasteiger partial charge in [-0.2, -0.15) is 0 Å². The van der Waals surface area contributed by atoms with Gasteiger partial charge in [-0.15, -0.1) is 0 Å². The summed E-state index contributed by atoms with van der Waals surface area (Å²) in [6.07, 6.45) is 7.59. The Labute approximate surface area is 67.9 Å². The Hall–Kier alpha value is -0.340. The van der Waals surface area contributed by atoms with Crippen LogP contribution in [0.2, 0.25) is 0 Å². The van der Waals surface area contributed by atoms with E-state index in [2.05, 4.69) is 6.08 Å². The Morgan fingerprint density at radius 1 is 1.55 bits per heavy atom. The molecule has 0 saturated heterocycles. The highest BCUT2D eigenvalue weighted by Crippen LogP contribution is 2.23. The fourth-order valence-electron chi connectivity index (χ4n) is 1.38. The van der Waals surface area contributed by atoms with Crippen molar-refractivity contribution in [3.8, 4) is 0 Å². The summed E-state index contributed by atoms with van der Waals surface area (Å²) in [7, 11) is 0. The number of hydrogen-bond acceptors (Lipinski definition) is 2. The van der Waals surface area contributed by atoms with Crippen molar-refractivity contribution in [3.05, 3.63) is 12.2 Å². The Morgan fingerprint density at radius 3 is 3.09 bits per heavy atom. The van der Waals surface area contributed by atoms with Crippen LogP contribution in [0.4, 0.5) is 0 Å². The molecule has 11 heavy (non-hydrogen) atoms. The van der Waals surface area contributed by atoms with Gasteiger partial charge in [-0.25, -0.2) is 0 Å². The van der Waals surface area contributed by atoms with E-state index in [0.29, 0.717) is 13.0 Å². The minimum atomic E-state index is -0.873. The second-order valence-corrected chi connectivity index (χ2v) is 2.95. The highest BCUT2D eigenvalue weighted by molar-refractivity contribution is 4.91. The average molecular weight is 156 g/mol. The van der Waals surface area contributed by atoms with Crippen molar-refractivity contribution in [1.82, 2.24) is 0 Å². The van der Waals surface area contributed by atoms with Gasteiger partial charge in [-0.05, 0) is 19.8 Å². The third-order valence-corrected chi connectivity index (χ3v) is 1.95. The lowest BCUT2D eigenvalue weighted by Gasteiger charge is -2.25. The number of aliphatic hydroxyl groups is 1. The second-order valence-electron chi connectivity index (χ2n) is 2.95. The zero-order valence-corrected chi connectivity index (χ0v) is 7.05. The average Bonchev–Trinajstić information content (AvgIpc) is 2.15. The molecule has 0 spiro atoms. The third kappa shape index (κ3) is 2.64. The highest BCUT2D eigenvalue weighted by atomic mass is 16.6. The molecule has 0 aromatic heterocycles. The van der Waals surface area contributed by atoms with Crippen LogP contribution >= 0.6 is 0 Å². The standard InChI is InChI=1S/C9H16O2/c1-2-11-9(10)7-5-3-4-6-8-9/h3,5,10H,2,4,6-8H2,1H3. The van der Waals surface area contributed by atoms with E-state index in [4.69, 9.17) is 4.74 Å². The molecule has 1 unspecified atom stereocenters. The summed E-state index contributed by atoms with van der Waals surface area (Å²) in [5.74, 6) is -0.873. The number of ether oxygens (including phenoxy) is 1. The molecule has 1 aliphatic carbocycles. The molecule has 0 aromatic carbocycles. The van der Waals surface area contributed by atoms with Crippen LogP contribution in [0, 0.1) is 0 Å². The van der Waals surface area contributed by atoms with E-state index in [1.807, 2.05) is 13.0 Å². The first-order valence-electron chi connectivity index (χ1n) is 4.28. The molecule has 2 nitrogen and oxygen atoms in total. The van der Waals surface area contributed by atoms with Crippen LogP contribution in [0.15, 0.2) is 12.2 Å². The summed E-state index contributed by atoms with van der Waals surface area (Å²) in [4.78, 5) is 0. The monoisotopic (exact) mass is 156 g/mol. The number of allylic oxidation sites excluding steroid dienone is 1. The molecule has 0 amide bonds. The molecule has 1 atom stereocenters. The molecular formula is C9H16O2. The largest absolute Gasteiger partial charge is 0.365 e. The normalized spacial score (nSPS) is 31.8. The van der Waals surface area contributed by atoms with Gasteiger partial charge in [0.1, 0.15) is 0 Å². The maximum absolute atomic E-state index is 9.78. The Kier molecular flexibility index (Phi) is 3.09. The molecule has 0 fully saturated rings. The van der Waals surface area contributed by atoms with Gasteiger partial charge in [0.15, 0.2) is 5.79 Å². The van der Waals surface area contributed by atoms with E-state index in [1.54, 1.807) is 0 Å². The fraction of sp³-hybridized carbons (Fsp3) is 0.778. The van der Waals surface area contributed by atoms with Gasteiger partial charge in [0.25, 0.3) is 0 Å².